The molecule has 0 unspecified atom stereocenters. The van der Waals surface area contributed by atoms with Crippen molar-refractivity contribution in [1.29, 1.82) is 0 Å². The summed E-state index contributed by atoms with van der Waals surface area (Å²) >= 11 is 2.31. The normalized spacial score (nSPS) is 12.0. The Labute approximate surface area is 110 Å². The highest BCUT2D eigenvalue weighted by molar-refractivity contribution is 14.1. The first-order chi connectivity index (χ1) is 7.39. The molecule has 2 N–H and O–H groups in total. The van der Waals surface area contributed by atoms with E-state index in [0.717, 1.165) is 9.26 Å². The van der Waals surface area contributed by atoms with Gasteiger partial charge in [-0.05, 0) is 50.4 Å². The lowest BCUT2D eigenvalue weighted by Crippen LogP contribution is -2.10. The predicted molar refractivity (Wildman–Crippen MR) is 79.8 cm³/mol. The molecule has 0 spiro atoms. The van der Waals surface area contributed by atoms with Gasteiger partial charge in [0.15, 0.2) is 0 Å². The van der Waals surface area contributed by atoms with Crippen molar-refractivity contribution in [2.45, 2.75) is 26.2 Å². The van der Waals surface area contributed by atoms with E-state index in [4.69, 9.17) is 5.73 Å². The fourth-order valence-electron chi connectivity index (χ4n) is 1.78. The summed E-state index contributed by atoms with van der Waals surface area (Å²) in [6, 6.07) is 10.7. The zero-order valence-electron chi connectivity index (χ0n) is 9.84. The summed E-state index contributed by atoms with van der Waals surface area (Å²) in [6.07, 6.45) is 0. The topological polar surface area (TPSA) is 26.0 Å². The summed E-state index contributed by atoms with van der Waals surface area (Å²) in [4.78, 5) is 0. The summed E-state index contributed by atoms with van der Waals surface area (Å²) < 4.78 is 1.15. The van der Waals surface area contributed by atoms with E-state index in [1.54, 1.807) is 0 Å². The van der Waals surface area contributed by atoms with E-state index in [1.807, 2.05) is 6.07 Å². The second-order valence-electron chi connectivity index (χ2n) is 5.15. The molecule has 0 radical (unpaired) electrons. The highest BCUT2D eigenvalue weighted by Crippen LogP contribution is 2.30. The number of halogens is 1. The molecule has 0 saturated heterocycles. The molecule has 0 saturated carbocycles. The number of rotatable bonds is 0. The lowest BCUT2D eigenvalue weighted by atomic mass is 9.86. The summed E-state index contributed by atoms with van der Waals surface area (Å²) in [5.41, 5.74) is 8.32. The molecular formula is C14H16IN. The molecular weight excluding hydrogens is 309 g/mol. The quantitative estimate of drug-likeness (QED) is 0.566. The number of benzene rings is 2. The summed E-state index contributed by atoms with van der Waals surface area (Å²) in [6.45, 7) is 6.70. The number of hydrogen-bond donors (Lipinski definition) is 1. The molecule has 0 aromatic heterocycles. The molecule has 2 aromatic carbocycles. The Morgan fingerprint density at radius 3 is 2.38 bits per heavy atom. The van der Waals surface area contributed by atoms with Crippen molar-refractivity contribution in [2.75, 3.05) is 5.73 Å². The van der Waals surface area contributed by atoms with Crippen LogP contribution in [0.4, 0.5) is 5.69 Å². The largest absolute Gasteiger partial charge is 0.398 e. The van der Waals surface area contributed by atoms with Crippen LogP contribution in [0.5, 0.6) is 0 Å². The van der Waals surface area contributed by atoms with Crippen molar-refractivity contribution in [3.05, 3.63) is 39.5 Å². The molecule has 0 heterocycles. The number of fused-ring (bicyclic) bond motifs is 1. The highest BCUT2D eigenvalue weighted by atomic mass is 127. The van der Waals surface area contributed by atoms with Crippen LogP contribution in [-0.2, 0) is 5.41 Å². The first-order valence-electron chi connectivity index (χ1n) is 5.38. The fourth-order valence-corrected chi connectivity index (χ4v) is 2.45. The van der Waals surface area contributed by atoms with Crippen LogP contribution in [0.2, 0.25) is 0 Å². The van der Waals surface area contributed by atoms with E-state index in [1.165, 1.54) is 16.3 Å². The van der Waals surface area contributed by atoms with Crippen molar-refractivity contribution in [3.63, 3.8) is 0 Å². The fraction of sp³-hybridized carbons (Fsp3) is 0.286. The van der Waals surface area contributed by atoms with Crippen molar-refractivity contribution in [2.24, 2.45) is 0 Å². The maximum absolute atomic E-state index is 5.90. The molecule has 2 rings (SSSR count). The minimum absolute atomic E-state index is 0.195. The maximum Gasteiger partial charge on any atom is 0.0456 e. The van der Waals surface area contributed by atoms with Crippen LogP contribution in [0, 0.1) is 3.57 Å². The molecule has 0 aliphatic carbocycles. The van der Waals surface area contributed by atoms with E-state index >= 15 is 0 Å². The van der Waals surface area contributed by atoms with Crippen LogP contribution in [0.3, 0.4) is 0 Å². The first kappa shape index (κ1) is 11.7. The minimum Gasteiger partial charge on any atom is -0.398 e. The molecule has 84 valence electrons. The van der Waals surface area contributed by atoms with Crippen molar-refractivity contribution >= 4 is 39.1 Å². The Morgan fingerprint density at radius 2 is 1.75 bits per heavy atom. The third-order valence-corrected chi connectivity index (χ3v) is 4.05. The lowest BCUT2D eigenvalue weighted by Gasteiger charge is -2.19. The molecule has 0 aliphatic rings. The van der Waals surface area contributed by atoms with Crippen molar-refractivity contribution in [1.82, 2.24) is 0 Å². The first-order valence-corrected chi connectivity index (χ1v) is 6.46. The Kier molecular flexibility index (Phi) is 2.86. The van der Waals surface area contributed by atoms with Gasteiger partial charge in [-0.1, -0.05) is 45.0 Å². The van der Waals surface area contributed by atoms with Crippen LogP contribution in [0.15, 0.2) is 30.3 Å². The van der Waals surface area contributed by atoms with Gasteiger partial charge in [-0.2, -0.15) is 0 Å². The lowest BCUT2D eigenvalue weighted by molar-refractivity contribution is 0.591. The van der Waals surface area contributed by atoms with Gasteiger partial charge in [-0.3, -0.25) is 0 Å². The number of anilines is 1. The second kappa shape index (κ2) is 3.91. The average molecular weight is 325 g/mol. The Bertz CT molecular complexity index is 538. The number of hydrogen-bond acceptors (Lipinski definition) is 1. The third-order valence-electron chi connectivity index (χ3n) is 2.85. The maximum atomic E-state index is 5.90. The van der Waals surface area contributed by atoms with Crippen LogP contribution in [-0.4, -0.2) is 0 Å². The van der Waals surface area contributed by atoms with E-state index in [0.29, 0.717) is 0 Å². The zero-order valence-corrected chi connectivity index (χ0v) is 12.0. The Hall–Kier alpha value is -0.770. The zero-order chi connectivity index (χ0) is 11.9. The van der Waals surface area contributed by atoms with Crippen molar-refractivity contribution in [3.8, 4) is 0 Å². The number of nitrogens with two attached hydrogens (primary N) is 1. The number of nitrogen functional groups attached to an aromatic ring is 1. The van der Waals surface area contributed by atoms with Gasteiger partial charge < -0.3 is 5.73 Å². The van der Waals surface area contributed by atoms with Crippen LogP contribution >= 0.6 is 22.6 Å². The van der Waals surface area contributed by atoms with E-state index in [-0.39, 0.29) is 5.41 Å². The summed E-state index contributed by atoms with van der Waals surface area (Å²) in [5, 5.41) is 2.51. The SMILES string of the molecule is CC(C)(C)c1ccc2c(I)c(N)ccc2c1. The third kappa shape index (κ3) is 2.03. The van der Waals surface area contributed by atoms with Crippen molar-refractivity contribution < 1.29 is 0 Å². The molecule has 16 heavy (non-hydrogen) atoms. The summed E-state index contributed by atoms with van der Waals surface area (Å²) in [5.74, 6) is 0. The Morgan fingerprint density at radius 1 is 1.06 bits per heavy atom. The summed E-state index contributed by atoms with van der Waals surface area (Å²) in [7, 11) is 0. The highest BCUT2D eigenvalue weighted by Gasteiger charge is 2.14. The van der Waals surface area contributed by atoms with Gasteiger partial charge >= 0.3 is 0 Å². The van der Waals surface area contributed by atoms with Crippen LogP contribution in [0.25, 0.3) is 10.8 Å². The smallest absolute Gasteiger partial charge is 0.0456 e. The van der Waals surface area contributed by atoms with E-state index in [9.17, 15) is 0 Å². The van der Waals surface area contributed by atoms with Gasteiger partial charge in [0.1, 0.15) is 0 Å². The minimum atomic E-state index is 0.195. The van der Waals surface area contributed by atoms with Gasteiger partial charge in [0, 0.05) is 9.26 Å². The van der Waals surface area contributed by atoms with Crippen LogP contribution < -0.4 is 5.73 Å². The molecule has 2 heteroatoms. The Balaban J connectivity index is 2.70. The molecule has 1 nitrogen and oxygen atoms in total. The second-order valence-corrected chi connectivity index (χ2v) is 6.23. The van der Waals surface area contributed by atoms with E-state index < -0.39 is 0 Å². The standard InChI is InChI=1S/C14H16IN/c1-14(2,3)10-5-6-11-9(8-10)4-7-12(16)13(11)15/h4-8H,16H2,1-3H3. The molecule has 0 amide bonds. The van der Waals surface area contributed by atoms with Gasteiger partial charge in [0.2, 0.25) is 0 Å². The monoisotopic (exact) mass is 325 g/mol. The van der Waals surface area contributed by atoms with Gasteiger partial charge in [-0.25, -0.2) is 0 Å². The molecule has 2 aromatic rings. The van der Waals surface area contributed by atoms with Gasteiger partial charge in [-0.15, -0.1) is 0 Å². The molecule has 0 atom stereocenters. The predicted octanol–water partition coefficient (Wildman–Crippen LogP) is 4.32. The molecule has 0 fully saturated rings. The van der Waals surface area contributed by atoms with Gasteiger partial charge in [0.25, 0.3) is 0 Å². The average Bonchev–Trinajstić information content (AvgIpc) is 2.22. The van der Waals surface area contributed by atoms with E-state index in [2.05, 4.69) is 67.6 Å². The molecule has 0 aliphatic heterocycles. The molecule has 0 bridgehead atoms. The van der Waals surface area contributed by atoms with Gasteiger partial charge in [0.05, 0.1) is 0 Å². The van der Waals surface area contributed by atoms with Crippen LogP contribution in [0.1, 0.15) is 26.3 Å².